The number of hydrogen-bond donors (Lipinski definition) is 0. The Morgan fingerprint density at radius 3 is 2.49 bits per heavy atom. The van der Waals surface area contributed by atoms with Crippen molar-refractivity contribution in [2.75, 3.05) is 0 Å². The van der Waals surface area contributed by atoms with Gasteiger partial charge in [0.2, 0.25) is 0 Å². The molecule has 4 aromatic rings. The smallest absolute Gasteiger partial charge is 0.340 e. The zero-order chi connectivity index (χ0) is 25.0. The van der Waals surface area contributed by atoms with Crippen molar-refractivity contribution in [3.63, 3.8) is 0 Å². The maximum absolute atomic E-state index is 13.8. The first kappa shape index (κ1) is 23.1. The number of aromatic nitrogens is 6. The lowest BCUT2D eigenvalue weighted by Crippen LogP contribution is -2.43. The standard InChI is InChI=1S/C25H25F3N6O/c1-16-9-24(10-16,23-31-30-15-33(23)3)18-6-4-5-17(7-18)21-8-19(25(26,27)28)11-34(22(21)35)13-20-12-32(2)14-29-20/h4-8,11-12,14-16H,9-10,13H2,1-3H3. The molecule has 10 heteroatoms. The maximum Gasteiger partial charge on any atom is 0.417 e. The summed E-state index contributed by atoms with van der Waals surface area (Å²) >= 11 is 0. The normalized spacial score (nSPS) is 20.1. The molecule has 3 heterocycles. The molecule has 0 amide bonds. The van der Waals surface area contributed by atoms with Crippen LogP contribution in [-0.4, -0.2) is 28.9 Å². The molecule has 0 spiro atoms. The average Bonchev–Trinajstić information content (AvgIpc) is 3.40. The molecule has 1 saturated carbocycles. The topological polar surface area (TPSA) is 70.5 Å². The summed E-state index contributed by atoms with van der Waals surface area (Å²) in [5, 5.41) is 8.37. The van der Waals surface area contributed by atoms with Crippen LogP contribution in [-0.2, 0) is 32.2 Å². The van der Waals surface area contributed by atoms with Gasteiger partial charge in [0.25, 0.3) is 5.56 Å². The number of hydrogen-bond acceptors (Lipinski definition) is 4. The molecule has 7 nitrogen and oxygen atoms in total. The van der Waals surface area contributed by atoms with Gasteiger partial charge in [-0.1, -0.05) is 25.1 Å². The lowest BCUT2D eigenvalue weighted by atomic mass is 9.58. The third-order valence-corrected chi connectivity index (χ3v) is 6.76. The van der Waals surface area contributed by atoms with Crippen LogP contribution in [0.4, 0.5) is 13.2 Å². The van der Waals surface area contributed by atoms with Gasteiger partial charge in [-0.05, 0) is 42.0 Å². The summed E-state index contributed by atoms with van der Waals surface area (Å²) in [5.74, 6) is 1.28. The van der Waals surface area contributed by atoms with Crippen LogP contribution < -0.4 is 5.56 Å². The lowest BCUT2D eigenvalue weighted by molar-refractivity contribution is -0.138. The highest BCUT2D eigenvalue weighted by Gasteiger charge is 2.48. The molecular weight excluding hydrogens is 457 g/mol. The van der Waals surface area contributed by atoms with E-state index in [1.54, 1.807) is 42.6 Å². The van der Waals surface area contributed by atoms with Crippen LogP contribution in [0.3, 0.4) is 0 Å². The Bertz CT molecular complexity index is 1440. The summed E-state index contributed by atoms with van der Waals surface area (Å²) in [6, 6.07) is 8.17. The van der Waals surface area contributed by atoms with Gasteiger partial charge >= 0.3 is 6.18 Å². The van der Waals surface area contributed by atoms with Gasteiger partial charge in [0.1, 0.15) is 12.2 Å². The van der Waals surface area contributed by atoms with E-state index in [0.717, 1.165) is 41.1 Å². The fraction of sp³-hybridized carbons (Fsp3) is 0.360. The molecule has 0 bridgehead atoms. The number of imidazole rings is 1. The number of aryl methyl sites for hydroxylation is 2. The molecule has 0 saturated heterocycles. The Labute approximate surface area is 199 Å². The van der Waals surface area contributed by atoms with Gasteiger partial charge in [0, 0.05) is 32.1 Å². The number of rotatable bonds is 5. The number of benzene rings is 1. The van der Waals surface area contributed by atoms with E-state index in [0.29, 0.717) is 17.2 Å². The molecule has 1 aromatic carbocycles. The minimum Gasteiger partial charge on any atom is -0.340 e. The van der Waals surface area contributed by atoms with Crippen LogP contribution in [0.5, 0.6) is 0 Å². The van der Waals surface area contributed by atoms with Gasteiger partial charge in [-0.2, -0.15) is 13.2 Å². The molecule has 182 valence electrons. The van der Waals surface area contributed by atoms with Gasteiger partial charge in [0.05, 0.1) is 29.5 Å². The molecule has 0 radical (unpaired) electrons. The Morgan fingerprint density at radius 2 is 1.89 bits per heavy atom. The molecule has 1 aliphatic carbocycles. The summed E-state index contributed by atoms with van der Waals surface area (Å²) in [6.07, 6.45) is 2.81. The van der Waals surface area contributed by atoms with Gasteiger partial charge in [-0.25, -0.2) is 4.98 Å². The highest BCUT2D eigenvalue weighted by atomic mass is 19.4. The predicted molar refractivity (Wildman–Crippen MR) is 124 cm³/mol. The molecule has 0 aliphatic heterocycles. The van der Waals surface area contributed by atoms with Crippen molar-refractivity contribution in [3.05, 3.63) is 88.4 Å². The Morgan fingerprint density at radius 1 is 1.11 bits per heavy atom. The van der Waals surface area contributed by atoms with E-state index < -0.39 is 22.7 Å². The molecule has 1 fully saturated rings. The van der Waals surface area contributed by atoms with Crippen molar-refractivity contribution in [2.45, 2.75) is 37.9 Å². The van der Waals surface area contributed by atoms with Gasteiger partial charge in [-0.15, -0.1) is 10.2 Å². The lowest BCUT2D eigenvalue weighted by Gasteiger charge is -2.46. The summed E-state index contributed by atoms with van der Waals surface area (Å²) < 4.78 is 46.0. The molecule has 35 heavy (non-hydrogen) atoms. The first-order chi connectivity index (χ1) is 16.6. The minimum absolute atomic E-state index is 0.00177. The fourth-order valence-corrected chi connectivity index (χ4v) is 5.22. The van der Waals surface area contributed by atoms with Gasteiger partial charge in [-0.3, -0.25) is 4.79 Å². The van der Waals surface area contributed by atoms with Gasteiger partial charge in [0.15, 0.2) is 0 Å². The van der Waals surface area contributed by atoms with E-state index in [-0.39, 0.29) is 12.1 Å². The molecule has 3 aromatic heterocycles. The molecule has 5 rings (SSSR count). The molecule has 0 atom stereocenters. The minimum atomic E-state index is -4.60. The van der Waals surface area contributed by atoms with Crippen molar-refractivity contribution in [1.82, 2.24) is 28.9 Å². The molecular formula is C25H25F3N6O. The van der Waals surface area contributed by atoms with E-state index in [4.69, 9.17) is 0 Å². The van der Waals surface area contributed by atoms with Crippen molar-refractivity contribution in [3.8, 4) is 11.1 Å². The summed E-state index contributed by atoms with van der Waals surface area (Å²) in [7, 11) is 3.64. The summed E-state index contributed by atoms with van der Waals surface area (Å²) in [4.78, 5) is 17.5. The SMILES string of the molecule is CC1CC(c2cccc(-c3cc(C(F)(F)F)cn(Cc4cn(C)cn4)c3=O)c2)(c2nncn2C)C1. The summed E-state index contributed by atoms with van der Waals surface area (Å²) in [6.45, 7) is 2.10. The fourth-order valence-electron chi connectivity index (χ4n) is 5.22. The molecule has 0 N–H and O–H groups in total. The van der Waals surface area contributed by atoms with Crippen molar-refractivity contribution in [2.24, 2.45) is 20.0 Å². The largest absolute Gasteiger partial charge is 0.417 e. The van der Waals surface area contributed by atoms with Crippen LogP contribution in [0.25, 0.3) is 11.1 Å². The van der Waals surface area contributed by atoms with Crippen LogP contribution in [0.15, 0.2) is 60.2 Å². The van der Waals surface area contributed by atoms with Gasteiger partial charge < -0.3 is 13.7 Å². The van der Waals surface area contributed by atoms with Crippen LogP contribution >= 0.6 is 0 Å². The maximum atomic E-state index is 13.8. The van der Waals surface area contributed by atoms with Crippen molar-refractivity contribution in [1.29, 1.82) is 0 Å². The third kappa shape index (κ3) is 4.06. The molecule has 0 unspecified atom stereocenters. The zero-order valence-electron chi connectivity index (χ0n) is 19.6. The van der Waals surface area contributed by atoms with Crippen LogP contribution in [0.2, 0.25) is 0 Å². The number of halogens is 3. The van der Waals surface area contributed by atoms with E-state index in [9.17, 15) is 18.0 Å². The van der Waals surface area contributed by atoms with E-state index in [1.165, 1.54) is 0 Å². The predicted octanol–water partition coefficient (Wildman–Crippen LogP) is 4.16. The first-order valence-electron chi connectivity index (χ1n) is 11.3. The third-order valence-electron chi connectivity index (χ3n) is 6.76. The van der Waals surface area contributed by atoms with Crippen LogP contribution in [0.1, 0.15) is 42.4 Å². The van der Waals surface area contributed by atoms with Crippen LogP contribution in [0, 0.1) is 5.92 Å². The number of alkyl halides is 3. The Balaban J connectivity index is 1.63. The Kier molecular flexibility index (Phi) is 5.41. The van der Waals surface area contributed by atoms with Crippen molar-refractivity contribution < 1.29 is 13.2 Å². The quantitative estimate of drug-likeness (QED) is 0.428. The second-order valence-corrected chi connectivity index (χ2v) is 9.55. The zero-order valence-corrected chi connectivity index (χ0v) is 19.6. The van der Waals surface area contributed by atoms with E-state index in [2.05, 4.69) is 22.1 Å². The summed E-state index contributed by atoms with van der Waals surface area (Å²) in [5.41, 5.74) is 0.0716. The highest BCUT2D eigenvalue weighted by molar-refractivity contribution is 5.65. The van der Waals surface area contributed by atoms with E-state index >= 15 is 0 Å². The first-order valence-corrected chi connectivity index (χ1v) is 11.3. The van der Waals surface area contributed by atoms with E-state index in [1.807, 2.05) is 23.7 Å². The Hall–Kier alpha value is -3.69. The number of nitrogens with zero attached hydrogens (tertiary/aromatic N) is 6. The average molecular weight is 483 g/mol. The second-order valence-electron chi connectivity index (χ2n) is 9.55. The second kappa shape index (κ2) is 8.21. The monoisotopic (exact) mass is 482 g/mol. The molecule has 1 aliphatic rings. The highest BCUT2D eigenvalue weighted by Crippen LogP contribution is 2.51. The number of pyridine rings is 1. The van der Waals surface area contributed by atoms with Crippen molar-refractivity contribution >= 4 is 0 Å².